The molecule has 12 rings (SSSR count). The van der Waals surface area contributed by atoms with Crippen LogP contribution in [-0.4, -0.2) is 156 Å². The number of nitrogens with two attached hydrogens (primary N) is 3. The van der Waals surface area contributed by atoms with Crippen LogP contribution in [0.5, 0.6) is 57.5 Å². The SMILES string of the molecule is CCO/C(C)=N\O.COc1cc(F)ccc1Br.COc1cc(NO)ccc1-n1cnc(C)c1.COc1cc(ON)ccc1-n1cnc(C)c1.COc1cc(ON)ccc1Br.COc1cc(ON)ccc1Br.COc1cc([N+](=O)[O-])ccc1-n1cnc(C)c1.COc1cc([N+](=O)[O-])ccc1F.Cc1cnc[nH]1.Cc1cnc[nH]1.O=CO[O-].[Cl][Sn][Cl].[Cu].[H-].[K+].[K+].[O]=[Cu]. The van der Waals surface area contributed by atoms with E-state index in [4.69, 9.17) is 93.0 Å². The van der Waals surface area contributed by atoms with Gasteiger partial charge >= 0.3 is 159 Å². The number of methoxy groups -OCH3 is 7. The van der Waals surface area contributed by atoms with Crippen molar-refractivity contribution < 1.29 is 237 Å². The molecule has 12 aromatic rings. The Morgan fingerprint density at radius 2 is 0.895 bits per heavy atom. The van der Waals surface area contributed by atoms with Crippen LogP contribution in [0.1, 0.15) is 43.7 Å². The van der Waals surface area contributed by atoms with Gasteiger partial charge in [0.05, 0.1) is 163 Å². The van der Waals surface area contributed by atoms with E-state index in [9.17, 15) is 29.0 Å². The quantitative estimate of drug-likeness (QED) is 0.00580. The van der Waals surface area contributed by atoms with Crippen LogP contribution in [0.4, 0.5) is 25.8 Å². The average Bonchev–Trinajstić information content (AvgIpc) is 1.75. The number of oxime groups is 1. The average molecular weight is 2220 g/mol. The summed E-state index contributed by atoms with van der Waals surface area (Å²) in [7, 11) is 20.5. The van der Waals surface area contributed by atoms with E-state index >= 15 is 0 Å². The first-order valence-corrected chi connectivity index (χ1v) is 43.3. The van der Waals surface area contributed by atoms with Crippen molar-refractivity contribution in [1.82, 2.24) is 48.6 Å². The maximum atomic E-state index is 12.7. The molecule has 672 valence electrons. The number of benzene rings is 7. The number of rotatable bonds is 18. The second-order valence-corrected chi connectivity index (χ2v) is 28.6. The summed E-state index contributed by atoms with van der Waals surface area (Å²) in [6, 6.07) is 33.1. The van der Waals surface area contributed by atoms with Crippen molar-refractivity contribution in [2.75, 3.05) is 61.9 Å². The first-order valence-electron chi connectivity index (χ1n) is 33.3. The number of aromatic amines is 2. The van der Waals surface area contributed by atoms with Crippen LogP contribution in [0.15, 0.2) is 209 Å². The summed E-state index contributed by atoms with van der Waals surface area (Å²) >= 11 is 11.9. The van der Waals surface area contributed by atoms with Gasteiger partial charge in [-0.2, -0.15) is 17.7 Å². The van der Waals surface area contributed by atoms with Gasteiger partial charge < -0.3 is 92.9 Å². The van der Waals surface area contributed by atoms with Crippen molar-refractivity contribution in [2.45, 2.75) is 48.5 Å². The van der Waals surface area contributed by atoms with Gasteiger partial charge in [-0.25, -0.2) is 33.7 Å². The molecule has 11 N–H and O–H groups in total. The fraction of sp³-hybridized carbons (Fsp3) is 0.203. The second kappa shape index (κ2) is 73.6. The van der Waals surface area contributed by atoms with Crippen molar-refractivity contribution in [2.24, 2.45) is 22.8 Å². The summed E-state index contributed by atoms with van der Waals surface area (Å²) in [6.45, 7) is 13.4. The van der Waals surface area contributed by atoms with E-state index in [0.29, 0.717) is 69.9 Å². The molecule has 124 heavy (non-hydrogen) atoms. The number of carbonyl (C=O) groups excluding carboxylic acids is 1. The van der Waals surface area contributed by atoms with E-state index in [1.807, 2.05) is 81.4 Å². The summed E-state index contributed by atoms with van der Waals surface area (Å²) < 4.78 is 80.7. The van der Waals surface area contributed by atoms with Crippen LogP contribution in [0.2, 0.25) is 0 Å². The number of nitro benzene ring substituents is 2. The number of hydrogen-bond donors (Lipinski definition) is 8. The molecule has 50 heteroatoms. The molecule has 0 amide bonds. The van der Waals surface area contributed by atoms with E-state index in [1.165, 1.54) is 45.6 Å². The number of carbonyl (C=O) groups is 1. The van der Waals surface area contributed by atoms with Crippen molar-refractivity contribution >= 4 is 114 Å². The Hall–Kier alpha value is -7.48. The summed E-state index contributed by atoms with van der Waals surface area (Å²) in [5.41, 5.74) is 9.93. The van der Waals surface area contributed by atoms with E-state index in [0.717, 1.165) is 77.1 Å². The van der Waals surface area contributed by atoms with Gasteiger partial charge in [0.1, 0.15) is 40.3 Å². The Balaban J connectivity index is -0.000000426. The molecule has 38 nitrogen and oxygen atoms in total. The van der Waals surface area contributed by atoms with Crippen molar-refractivity contribution in [3.63, 3.8) is 0 Å². The molecular weight excluding hydrogens is 2140 g/mol. The molecule has 0 saturated carbocycles. The third-order valence-corrected chi connectivity index (χ3v) is 15.7. The third-order valence-electron chi connectivity index (χ3n) is 13.7. The van der Waals surface area contributed by atoms with Gasteiger partial charge in [-0.15, -0.1) is 0 Å². The number of H-pyrrole nitrogens is 2. The van der Waals surface area contributed by atoms with Crippen molar-refractivity contribution in [1.29, 1.82) is 0 Å². The molecule has 0 atom stereocenters. The van der Waals surface area contributed by atoms with Gasteiger partial charge in [0.15, 0.2) is 28.8 Å². The topological polar surface area (TPSA) is 508 Å². The molecule has 0 fully saturated rings. The Kier molecular flexibility index (Phi) is 72.9. The summed E-state index contributed by atoms with van der Waals surface area (Å²) in [5, 5.41) is 48.8. The molecule has 0 aliphatic heterocycles. The van der Waals surface area contributed by atoms with Crippen LogP contribution in [-0.2, 0) is 51.3 Å². The Labute approximate surface area is 860 Å². The fourth-order valence-electron chi connectivity index (χ4n) is 8.27. The number of nitro groups is 2. The van der Waals surface area contributed by atoms with Gasteiger partial charge in [-0.3, -0.25) is 35.7 Å². The first-order chi connectivity index (χ1) is 58.0. The minimum atomic E-state index is -0.826. The Morgan fingerprint density at radius 3 is 1.18 bits per heavy atom. The van der Waals surface area contributed by atoms with E-state index in [-0.39, 0.29) is 151 Å². The van der Waals surface area contributed by atoms with Gasteiger partial charge in [0.2, 0.25) is 5.90 Å². The number of imidazole rings is 5. The van der Waals surface area contributed by atoms with Crippen LogP contribution >= 0.6 is 65.6 Å². The third kappa shape index (κ3) is 49.6. The summed E-state index contributed by atoms with van der Waals surface area (Å²) in [5.74, 6) is 19.7. The predicted octanol–water partition coefficient (Wildman–Crippen LogP) is 8.99. The number of ether oxygens (including phenoxy) is 8. The number of aromatic nitrogens is 10. The van der Waals surface area contributed by atoms with Gasteiger partial charge in [0, 0.05) is 109 Å². The standard InChI is InChI=1S/C11H11N3O3.2C11H13N3O2.C7H6BrFO.2C7H8BrNO2.C7H6FNO3.2C4H6N2.C4H9NO2.CH2O3.2ClH.2Cu.2K.O.Sn.H/c1-8-6-13(7-12-8)10-4-3-9(14(15)16)5-11(10)17-2;1-8-6-14(7-13-8)10-4-3-9(16-12)5-11(10)15-2;1-8-6-14(7-12-8)10-4-3-9(13-15)5-11(10)16-2;1-10-7-4-5(9)2-3-6(7)8;2*1-10-7-4-5(11-9)2-3-6(7)8;1-12-7-4-5(9(10)11)2-3-6(7)8;2*1-4-2-5-3-6-4;1-3-7-4(2)5-6;2-1-4-3;;;;;;;;;/h3-7H,1-2H3;3-7H,12H2,1-2H3;3-7,13,15H,1-2H3;2-4H,1H3;2*2-4H,9H2,1H3;2-4H,1H3;2*2-3H,1H3,(H,5,6);6H,3H2,1-2H3;1,3H;2*1H;;;;;;;/q;;;;;;;;;;;;;;;2*+1;;+2;-1/p-3/b;;;;;;;;;5-4-;;;;;;;;;;. The molecule has 0 spiro atoms. The van der Waals surface area contributed by atoms with Crippen LogP contribution in [0.3, 0.4) is 0 Å². The number of nitrogens with one attached hydrogen (secondary N) is 3. The number of aryl methyl sites for hydroxylation is 5. The molecule has 0 saturated heterocycles. The van der Waals surface area contributed by atoms with Gasteiger partial charge in [0.25, 0.3) is 17.8 Å². The van der Waals surface area contributed by atoms with Crippen LogP contribution in [0.25, 0.3) is 17.1 Å². The van der Waals surface area contributed by atoms with Gasteiger partial charge in [-0.1, -0.05) is 5.16 Å². The summed E-state index contributed by atoms with van der Waals surface area (Å²) in [4.78, 5) is 70.4. The maximum absolute atomic E-state index is 12.7. The van der Waals surface area contributed by atoms with Crippen LogP contribution in [0, 0.1) is 66.5 Å². The van der Waals surface area contributed by atoms with E-state index in [2.05, 4.69) is 133 Å². The zero-order chi connectivity index (χ0) is 91.4. The number of hydrogen-bond acceptors (Lipinski definition) is 31. The second-order valence-electron chi connectivity index (χ2n) is 21.8. The Bertz CT molecular complexity index is 4800. The zero-order valence-electron chi connectivity index (χ0n) is 70.2. The van der Waals surface area contributed by atoms with Crippen LogP contribution < -0.4 is 179 Å². The minimum absolute atomic E-state index is 0. The number of anilines is 1. The zero-order valence-corrected chi connectivity index (χ0v) is 86.5. The molecule has 0 bridgehead atoms. The molecule has 5 heterocycles. The molecular formula is C74H88Br3Cl2Cu2F2K2N17O21Sn. The fourth-order valence-corrected chi connectivity index (χ4v) is 9.49. The predicted molar refractivity (Wildman–Crippen MR) is 452 cm³/mol. The van der Waals surface area contributed by atoms with Crippen molar-refractivity contribution in [3.8, 4) is 74.6 Å². The molecule has 5 aromatic heterocycles. The molecule has 0 aliphatic carbocycles. The number of nitrogens with zero attached hydrogens (tertiary/aromatic N) is 11. The molecule has 0 aliphatic rings. The Morgan fingerprint density at radius 1 is 0.573 bits per heavy atom. The molecule has 0 unspecified atom stereocenters. The van der Waals surface area contributed by atoms with Crippen molar-refractivity contribution in [3.05, 3.63) is 264 Å². The monoisotopic (exact) mass is 2220 g/mol. The van der Waals surface area contributed by atoms with E-state index < -0.39 is 34.6 Å². The molecule has 7 aromatic carbocycles. The first kappa shape index (κ1) is 123. The number of non-ortho nitro benzene ring substituents is 2. The van der Waals surface area contributed by atoms with Gasteiger partial charge in [-0.05, 0) is 162 Å². The van der Waals surface area contributed by atoms with E-state index in [1.54, 1.807) is 157 Å². The summed E-state index contributed by atoms with van der Waals surface area (Å²) in [6.07, 6.45) is 17.6. The number of halogens is 7. The molecule has 3 radical (unpaired) electrons. The normalized spacial score (nSPS) is 9.24.